The van der Waals surface area contributed by atoms with E-state index in [1.807, 2.05) is 12.1 Å². The molecular formula is C34H26Cl2N2O6. The van der Waals surface area contributed by atoms with Gasteiger partial charge in [-0.25, -0.2) is 0 Å². The number of ketones is 1. The van der Waals surface area contributed by atoms with Gasteiger partial charge >= 0.3 is 0 Å². The summed E-state index contributed by atoms with van der Waals surface area (Å²) in [5, 5.41) is 10.9. The fourth-order valence-corrected chi connectivity index (χ4v) is 8.60. The second-order valence-electron chi connectivity index (χ2n) is 11.8. The number of para-hydroxylation sites is 1. The number of phenols is 1. The topological polar surface area (TPSA) is 112 Å². The molecule has 7 rings (SSSR count). The number of halogens is 2. The maximum atomic E-state index is 14.2. The van der Waals surface area contributed by atoms with Crippen molar-refractivity contribution < 1.29 is 29.1 Å². The number of aromatic hydroxyl groups is 1. The monoisotopic (exact) mass is 628 g/mol. The van der Waals surface area contributed by atoms with Gasteiger partial charge < -0.3 is 5.11 Å². The molecule has 2 aliphatic heterocycles. The maximum absolute atomic E-state index is 14.2. The van der Waals surface area contributed by atoms with Crippen LogP contribution in [0.5, 0.6) is 5.75 Å². The number of nitrogens with zero attached hydrogens (tertiary/aromatic N) is 2. The molecule has 44 heavy (non-hydrogen) atoms. The minimum atomic E-state index is -1.96. The van der Waals surface area contributed by atoms with Crippen molar-refractivity contribution in [2.24, 2.45) is 17.8 Å². The molecule has 0 spiro atoms. The van der Waals surface area contributed by atoms with E-state index in [0.29, 0.717) is 28.0 Å². The third kappa shape index (κ3) is 3.67. The van der Waals surface area contributed by atoms with E-state index in [4.69, 9.17) is 23.2 Å². The molecule has 3 aromatic rings. The number of fused-ring (bicyclic) bond motifs is 4. The Morgan fingerprint density at radius 2 is 1.45 bits per heavy atom. The maximum Gasteiger partial charge on any atom is 0.253 e. The number of rotatable bonds is 4. The number of alkyl halides is 2. The first-order chi connectivity index (χ1) is 21.0. The summed E-state index contributed by atoms with van der Waals surface area (Å²) in [6.07, 6.45) is 1.88. The number of likely N-dealkylation sites (tertiary alicyclic amines) is 1. The van der Waals surface area contributed by atoms with E-state index in [1.54, 1.807) is 66.7 Å². The van der Waals surface area contributed by atoms with E-state index in [0.717, 1.165) is 9.80 Å². The highest BCUT2D eigenvalue weighted by molar-refractivity contribution is 6.53. The molecule has 6 unspecified atom stereocenters. The van der Waals surface area contributed by atoms with Gasteiger partial charge in [0, 0.05) is 29.7 Å². The molecule has 6 atom stereocenters. The van der Waals surface area contributed by atoms with E-state index >= 15 is 0 Å². The van der Waals surface area contributed by atoms with Gasteiger partial charge in [-0.3, -0.25) is 33.8 Å². The molecule has 8 nitrogen and oxygen atoms in total. The number of anilines is 1. The van der Waals surface area contributed by atoms with Crippen LogP contribution in [-0.4, -0.2) is 56.2 Å². The molecular weight excluding hydrogens is 603 g/mol. The van der Waals surface area contributed by atoms with Gasteiger partial charge in [-0.1, -0.05) is 60.2 Å². The van der Waals surface area contributed by atoms with Gasteiger partial charge in [0.2, 0.25) is 11.8 Å². The van der Waals surface area contributed by atoms with Gasteiger partial charge in [-0.15, -0.1) is 23.2 Å². The molecule has 0 aromatic heterocycles. The third-order valence-corrected chi connectivity index (χ3v) is 11.1. The zero-order valence-corrected chi connectivity index (χ0v) is 25.0. The Morgan fingerprint density at radius 3 is 2.14 bits per heavy atom. The molecule has 1 saturated carbocycles. The average molecular weight is 629 g/mol. The first-order valence-corrected chi connectivity index (χ1v) is 15.0. The molecule has 1 N–H and O–H groups in total. The number of phenolic OH excluding ortho intramolecular Hbond substituents is 1. The van der Waals surface area contributed by atoms with Gasteiger partial charge in [0.15, 0.2) is 15.5 Å². The molecule has 2 heterocycles. The number of benzene rings is 3. The van der Waals surface area contributed by atoms with E-state index in [9.17, 15) is 29.1 Å². The highest BCUT2D eigenvalue weighted by Gasteiger charge is 2.76. The van der Waals surface area contributed by atoms with Gasteiger partial charge in [-0.2, -0.15) is 0 Å². The largest absolute Gasteiger partial charge is 0.508 e. The van der Waals surface area contributed by atoms with Gasteiger partial charge in [0.25, 0.3) is 11.8 Å². The molecule has 10 heteroatoms. The van der Waals surface area contributed by atoms with Crippen LogP contribution in [0.15, 0.2) is 90.5 Å². The van der Waals surface area contributed by atoms with Crippen LogP contribution in [-0.2, 0) is 19.2 Å². The summed E-state index contributed by atoms with van der Waals surface area (Å²) < 4.78 is 0. The summed E-state index contributed by atoms with van der Waals surface area (Å²) in [6.45, 7) is 0. The predicted molar refractivity (Wildman–Crippen MR) is 162 cm³/mol. The van der Waals surface area contributed by atoms with Gasteiger partial charge in [-0.05, 0) is 49.1 Å². The minimum Gasteiger partial charge on any atom is -0.508 e. The van der Waals surface area contributed by atoms with E-state index in [-0.39, 0.29) is 24.4 Å². The summed E-state index contributed by atoms with van der Waals surface area (Å²) in [5.41, 5.74) is 2.17. The van der Waals surface area contributed by atoms with Crippen molar-refractivity contribution in [1.29, 1.82) is 0 Å². The Kier molecular flexibility index (Phi) is 6.39. The first kappa shape index (κ1) is 28.5. The molecule has 4 aliphatic rings. The number of hydrogen-bond donors (Lipinski definition) is 1. The third-order valence-electron chi connectivity index (χ3n) is 9.69. The van der Waals surface area contributed by atoms with Crippen molar-refractivity contribution in [2.75, 3.05) is 11.9 Å². The fourth-order valence-electron chi connectivity index (χ4n) is 7.59. The molecule has 4 amide bonds. The lowest BCUT2D eigenvalue weighted by Gasteiger charge is -2.50. The summed E-state index contributed by atoms with van der Waals surface area (Å²) in [7, 11) is 1.32. The zero-order valence-electron chi connectivity index (χ0n) is 23.4. The molecule has 2 aliphatic carbocycles. The number of carbonyl (C=O) groups is 5. The van der Waals surface area contributed by atoms with Crippen LogP contribution in [0.25, 0.3) is 0 Å². The molecule has 3 aromatic carbocycles. The smallest absolute Gasteiger partial charge is 0.253 e. The van der Waals surface area contributed by atoms with E-state index < -0.39 is 57.0 Å². The SMILES string of the molecule is CN1C(=O)C2(Cl)CC3C(=CCC4C(=O)N(c5ccc(C(=O)c6ccccc6)cc5)C(=O)C43)C(c3ccccc3O)C2(Cl)C1=O. The van der Waals surface area contributed by atoms with Crippen LogP contribution in [0.4, 0.5) is 5.69 Å². The minimum absolute atomic E-state index is 0.129. The summed E-state index contributed by atoms with van der Waals surface area (Å²) in [4.78, 5) is 66.2. The number of imide groups is 2. The second-order valence-corrected chi connectivity index (χ2v) is 13.1. The van der Waals surface area contributed by atoms with Crippen molar-refractivity contribution in [3.05, 3.63) is 107 Å². The fraction of sp³-hybridized carbons (Fsp3) is 0.265. The summed E-state index contributed by atoms with van der Waals surface area (Å²) >= 11 is 14.3. The first-order valence-electron chi connectivity index (χ1n) is 14.3. The zero-order chi connectivity index (χ0) is 31.1. The standard InChI is InChI=1S/C34H26Cl2N2O6/c1-37-31(43)33(35)17-24-21(27(34(33,36)32(37)44)22-9-5-6-10-25(22)39)15-16-23-26(24)30(42)38(29(23)41)20-13-11-19(12-14-20)28(40)18-7-3-2-4-8-18/h2-15,23-24,26-27,39H,16-17H2,1H3. The van der Waals surface area contributed by atoms with Crippen LogP contribution in [0.3, 0.4) is 0 Å². The van der Waals surface area contributed by atoms with E-state index in [2.05, 4.69) is 0 Å². The van der Waals surface area contributed by atoms with Gasteiger partial charge in [0.05, 0.1) is 17.5 Å². The molecule has 3 fully saturated rings. The summed E-state index contributed by atoms with van der Waals surface area (Å²) in [6, 6.07) is 21.5. The number of amides is 4. The van der Waals surface area contributed by atoms with Crippen molar-refractivity contribution in [2.45, 2.75) is 28.5 Å². The van der Waals surface area contributed by atoms with Crippen LogP contribution >= 0.6 is 23.2 Å². The van der Waals surface area contributed by atoms with Crippen molar-refractivity contribution in [3.63, 3.8) is 0 Å². The average Bonchev–Trinajstić information content (AvgIpc) is 3.36. The molecule has 0 radical (unpaired) electrons. The van der Waals surface area contributed by atoms with E-state index in [1.165, 1.54) is 13.1 Å². The van der Waals surface area contributed by atoms with Crippen LogP contribution < -0.4 is 4.90 Å². The molecule has 0 bridgehead atoms. The lowest BCUT2D eigenvalue weighted by Crippen LogP contribution is -2.60. The Morgan fingerprint density at radius 1 is 0.818 bits per heavy atom. The number of allylic oxidation sites excluding steroid dienone is 2. The Bertz CT molecular complexity index is 1810. The summed E-state index contributed by atoms with van der Waals surface area (Å²) in [5.74, 6) is -5.86. The number of hydrogen-bond acceptors (Lipinski definition) is 6. The highest BCUT2D eigenvalue weighted by atomic mass is 35.5. The molecule has 2 saturated heterocycles. The predicted octanol–water partition coefficient (Wildman–Crippen LogP) is 4.82. The van der Waals surface area contributed by atoms with Crippen LogP contribution in [0.2, 0.25) is 0 Å². The number of carbonyl (C=O) groups excluding carboxylic acids is 5. The second kappa shape index (κ2) is 9.87. The van der Waals surface area contributed by atoms with Crippen molar-refractivity contribution >= 4 is 58.3 Å². The van der Waals surface area contributed by atoms with Crippen LogP contribution in [0.1, 0.15) is 40.2 Å². The normalized spacial score (nSPS) is 31.0. The van der Waals surface area contributed by atoms with Gasteiger partial charge in [0.1, 0.15) is 5.75 Å². The van der Waals surface area contributed by atoms with Crippen LogP contribution in [0, 0.1) is 17.8 Å². The lowest BCUT2D eigenvalue weighted by molar-refractivity contribution is -0.138. The Balaban J connectivity index is 1.28. The van der Waals surface area contributed by atoms with Crippen molar-refractivity contribution in [3.8, 4) is 5.75 Å². The lowest BCUT2D eigenvalue weighted by atomic mass is 9.56. The molecule has 222 valence electrons. The Hall–Kier alpha value is -4.27. The quantitative estimate of drug-likeness (QED) is 0.192. The van der Waals surface area contributed by atoms with Crippen molar-refractivity contribution in [1.82, 2.24) is 4.90 Å². The highest BCUT2D eigenvalue weighted by Crippen LogP contribution is 2.66. The Labute approximate surface area is 262 Å².